The second-order valence-corrected chi connectivity index (χ2v) is 8.13. The average molecular weight is 383 g/mol. The Morgan fingerprint density at radius 1 is 1.18 bits per heavy atom. The van der Waals surface area contributed by atoms with Crippen molar-refractivity contribution in [3.8, 4) is 0 Å². The Labute approximate surface area is 163 Å². The van der Waals surface area contributed by atoms with E-state index in [-0.39, 0.29) is 23.3 Å². The molecule has 4 rings (SSSR count). The SMILES string of the molecule is O=C(CC1CCCC1)N[C@H](Cc1cc(=O)[nH]c(C2CC2)n1)c1ccc(F)cc1. The Morgan fingerprint density at radius 3 is 2.57 bits per heavy atom. The van der Waals surface area contributed by atoms with Crippen LogP contribution >= 0.6 is 0 Å². The van der Waals surface area contributed by atoms with E-state index in [0.717, 1.165) is 37.1 Å². The quantitative estimate of drug-likeness (QED) is 0.764. The van der Waals surface area contributed by atoms with Crippen molar-refractivity contribution >= 4 is 5.91 Å². The van der Waals surface area contributed by atoms with Crippen LogP contribution in [0.1, 0.15) is 74.0 Å². The van der Waals surface area contributed by atoms with Crippen LogP contribution in [0.3, 0.4) is 0 Å². The molecule has 1 aromatic heterocycles. The summed E-state index contributed by atoms with van der Waals surface area (Å²) in [6, 6.07) is 7.32. The predicted octanol–water partition coefficient (Wildman–Crippen LogP) is 3.77. The summed E-state index contributed by atoms with van der Waals surface area (Å²) < 4.78 is 13.4. The van der Waals surface area contributed by atoms with Gasteiger partial charge in [-0.1, -0.05) is 25.0 Å². The average Bonchev–Trinajstić information content (AvgIpc) is 3.39. The van der Waals surface area contributed by atoms with E-state index >= 15 is 0 Å². The van der Waals surface area contributed by atoms with Gasteiger partial charge < -0.3 is 10.3 Å². The molecule has 0 aliphatic heterocycles. The zero-order valence-corrected chi connectivity index (χ0v) is 15.9. The van der Waals surface area contributed by atoms with Crippen molar-refractivity contribution in [2.75, 3.05) is 0 Å². The van der Waals surface area contributed by atoms with E-state index in [1.54, 1.807) is 12.1 Å². The third-order valence-corrected chi connectivity index (χ3v) is 5.75. The van der Waals surface area contributed by atoms with Gasteiger partial charge in [0.05, 0.1) is 11.7 Å². The van der Waals surface area contributed by atoms with Crippen LogP contribution in [0.15, 0.2) is 35.1 Å². The molecule has 0 spiro atoms. The van der Waals surface area contributed by atoms with Crippen molar-refractivity contribution < 1.29 is 9.18 Å². The van der Waals surface area contributed by atoms with Gasteiger partial charge in [-0.2, -0.15) is 0 Å². The number of nitrogens with zero attached hydrogens (tertiary/aromatic N) is 1. The Hall–Kier alpha value is -2.50. The van der Waals surface area contributed by atoms with E-state index in [0.29, 0.717) is 30.4 Å². The summed E-state index contributed by atoms with van der Waals surface area (Å²) in [6.07, 6.45) is 7.63. The summed E-state index contributed by atoms with van der Waals surface area (Å²) in [5.41, 5.74) is 1.31. The molecule has 2 fully saturated rings. The van der Waals surface area contributed by atoms with E-state index in [1.807, 2.05) is 0 Å². The standard InChI is InChI=1S/C22H26FN3O2/c23-17-9-7-15(8-10-17)19(25-20(27)11-14-3-1-2-4-14)12-18-13-21(28)26-22(24-18)16-5-6-16/h7-10,13-14,16,19H,1-6,11-12H2,(H,25,27)(H,24,26,28)/t19-/m1/s1. The van der Waals surface area contributed by atoms with E-state index in [9.17, 15) is 14.0 Å². The lowest BCUT2D eigenvalue weighted by Crippen LogP contribution is -2.31. The summed E-state index contributed by atoms with van der Waals surface area (Å²) >= 11 is 0. The van der Waals surface area contributed by atoms with Crippen LogP contribution in [0, 0.1) is 11.7 Å². The number of aromatic nitrogens is 2. The highest BCUT2D eigenvalue weighted by atomic mass is 19.1. The van der Waals surface area contributed by atoms with Crippen LogP contribution < -0.4 is 10.9 Å². The third kappa shape index (κ3) is 4.86. The maximum Gasteiger partial charge on any atom is 0.251 e. The van der Waals surface area contributed by atoms with Gasteiger partial charge in [0, 0.05) is 24.8 Å². The Kier molecular flexibility index (Phi) is 5.55. The highest BCUT2D eigenvalue weighted by molar-refractivity contribution is 5.76. The molecule has 2 aliphatic rings. The van der Waals surface area contributed by atoms with Crippen molar-refractivity contribution in [2.24, 2.45) is 5.92 Å². The fourth-order valence-electron chi connectivity index (χ4n) is 4.07. The fraction of sp³-hybridized carbons (Fsp3) is 0.500. The number of rotatable bonds is 7. The molecule has 1 heterocycles. The summed E-state index contributed by atoms with van der Waals surface area (Å²) in [7, 11) is 0. The second-order valence-electron chi connectivity index (χ2n) is 8.13. The van der Waals surface area contributed by atoms with Crippen molar-refractivity contribution in [2.45, 2.75) is 63.3 Å². The van der Waals surface area contributed by atoms with Gasteiger partial charge >= 0.3 is 0 Å². The number of aromatic amines is 1. The number of halogens is 1. The van der Waals surface area contributed by atoms with Crippen LogP contribution in [0.25, 0.3) is 0 Å². The highest BCUT2D eigenvalue weighted by Gasteiger charge is 2.27. The van der Waals surface area contributed by atoms with Crippen molar-refractivity contribution in [3.05, 3.63) is 63.6 Å². The van der Waals surface area contributed by atoms with E-state index in [2.05, 4.69) is 15.3 Å². The van der Waals surface area contributed by atoms with Crippen LogP contribution in [-0.2, 0) is 11.2 Å². The normalized spacial score (nSPS) is 18.2. The Bertz CT molecular complexity index is 883. The third-order valence-electron chi connectivity index (χ3n) is 5.75. The maximum absolute atomic E-state index is 13.4. The van der Waals surface area contributed by atoms with Crippen molar-refractivity contribution in [1.29, 1.82) is 0 Å². The molecule has 0 saturated heterocycles. The smallest absolute Gasteiger partial charge is 0.251 e. The van der Waals surface area contributed by atoms with Gasteiger partial charge in [0.15, 0.2) is 0 Å². The first-order valence-corrected chi connectivity index (χ1v) is 10.2. The molecule has 2 N–H and O–H groups in total. The minimum atomic E-state index is -0.337. The second kappa shape index (κ2) is 8.25. The van der Waals surface area contributed by atoms with Gasteiger partial charge in [0.1, 0.15) is 11.6 Å². The lowest BCUT2D eigenvalue weighted by atomic mass is 9.99. The molecule has 0 unspecified atom stereocenters. The summed E-state index contributed by atoms with van der Waals surface area (Å²) in [5.74, 6) is 1.22. The number of carbonyl (C=O) groups is 1. The zero-order valence-electron chi connectivity index (χ0n) is 15.9. The molecule has 0 bridgehead atoms. The van der Waals surface area contributed by atoms with E-state index in [1.165, 1.54) is 31.0 Å². The van der Waals surface area contributed by atoms with Crippen molar-refractivity contribution in [1.82, 2.24) is 15.3 Å². The molecule has 2 saturated carbocycles. The van der Waals surface area contributed by atoms with Crippen LogP contribution in [0.2, 0.25) is 0 Å². The number of hydrogen-bond acceptors (Lipinski definition) is 3. The molecule has 1 atom stereocenters. The molecule has 0 radical (unpaired) electrons. The number of H-pyrrole nitrogens is 1. The Balaban J connectivity index is 1.53. The number of carbonyl (C=O) groups excluding carboxylic acids is 1. The topological polar surface area (TPSA) is 74.8 Å². The van der Waals surface area contributed by atoms with Crippen molar-refractivity contribution in [3.63, 3.8) is 0 Å². The molecule has 148 valence electrons. The lowest BCUT2D eigenvalue weighted by Gasteiger charge is -2.20. The molecule has 1 aromatic carbocycles. The monoisotopic (exact) mass is 383 g/mol. The first-order chi connectivity index (χ1) is 13.6. The first kappa shape index (κ1) is 18.8. The van der Waals surface area contributed by atoms with Gasteiger partial charge in [-0.05, 0) is 49.3 Å². The minimum Gasteiger partial charge on any atom is -0.349 e. The summed E-state index contributed by atoms with van der Waals surface area (Å²) in [4.78, 5) is 32.1. The van der Waals surface area contributed by atoms with Gasteiger partial charge in [-0.25, -0.2) is 9.37 Å². The molecular weight excluding hydrogens is 357 g/mol. The number of hydrogen-bond donors (Lipinski definition) is 2. The molecule has 28 heavy (non-hydrogen) atoms. The van der Waals surface area contributed by atoms with E-state index < -0.39 is 0 Å². The molecule has 6 heteroatoms. The lowest BCUT2D eigenvalue weighted by molar-refractivity contribution is -0.122. The summed E-state index contributed by atoms with van der Waals surface area (Å²) in [5, 5.41) is 3.10. The van der Waals surface area contributed by atoms with E-state index in [4.69, 9.17) is 0 Å². The van der Waals surface area contributed by atoms with Gasteiger partial charge in [0.25, 0.3) is 5.56 Å². The van der Waals surface area contributed by atoms with Crippen LogP contribution in [-0.4, -0.2) is 15.9 Å². The predicted molar refractivity (Wildman–Crippen MR) is 104 cm³/mol. The number of amides is 1. The molecule has 5 nitrogen and oxygen atoms in total. The van der Waals surface area contributed by atoms with Crippen LogP contribution in [0.4, 0.5) is 4.39 Å². The molecule has 1 amide bonds. The summed E-state index contributed by atoms with van der Waals surface area (Å²) in [6.45, 7) is 0. The fourth-order valence-corrected chi connectivity index (χ4v) is 4.07. The van der Waals surface area contributed by atoms with Gasteiger partial charge in [-0.15, -0.1) is 0 Å². The maximum atomic E-state index is 13.4. The Morgan fingerprint density at radius 2 is 1.89 bits per heavy atom. The molecule has 2 aliphatic carbocycles. The largest absolute Gasteiger partial charge is 0.349 e. The highest BCUT2D eigenvalue weighted by Crippen LogP contribution is 2.37. The minimum absolute atomic E-state index is 0.00785. The van der Waals surface area contributed by atoms with Gasteiger partial charge in [-0.3, -0.25) is 9.59 Å². The molecule has 2 aromatic rings. The zero-order chi connectivity index (χ0) is 19.5. The first-order valence-electron chi connectivity index (χ1n) is 10.2. The molecular formula is C22H26FN3O2. The van der Waals surface area contributed by atoms with Crippen LogP contribution in [0.5, 0.6) is 0 Å². The van der Waals surface area contributed by atoms with Gasteiger partial charge in [0.2, 0.25) is 5.91 Å². The number of benzene rings is 1. The number of nitrogens with one attached hydrogen (secondary N) is 2.